The number of benzene rings is 1. The van der Waals surface area contributed by atoms with Crippen molar-refractivity contribution in [1.82, 2.24) is 10.3 Å². The number of aromatic amines is 1. The Morgan fingerprint density at radius 3 is 2.69 bits per heavy atom. The van der Waals surface area contributed by atoms with Crippen LogP contribution in [0.1, 0.15) is 17.2 Å². The summed E-state index contributed by atoms with van der Waals surface area (Å²) in [5.74, 6) is 1.25. The lowest BCUT2D eigenvalue weighted by Gasteiger charge is -2.16. The van der Waals surface area contributed by atoms with Crippen molar-refractivity contribution in [1.29, 1.82) is 0 Å². The van der Waals surface area contributed by atoms with Crippen molar-refractivity contribution in [3.63, 3.8) is 0 Å². The molecule has 7 N–H and O–H groups in total. The highest BCUT2D eigenvalue weighted by molar-refractivity contribution is 6.42. The number of aromatic nitrogens is 1. The van der Waals surface area contributed by atoms with Gasteiger partial charge in [0, 0.05) is 30.7 Å². The van der Waals surface area contributed by atoms with E-state index in [1.54, 1.807) is 12.1 Å². The van der Waals surface area contributed by atoms with Gasteiger partial charge in [-0.3, -0.25) is 0 Å². The number of nitrogens with two attached hydrogens (primary N) is 2. The maximum Gasteiger partial charge on any atom is 0.127 e. The molecule has 0 bridgehead atoms. The Labute approximate surface area is 168 Å². The molecule has 0 aliphatic rings. The quantitative estimate of drug-likeness (QED) is 0.310. The van der Waals surface area contributed by atoms with Crippen LogP contribution in [-0.2, 0) is 6.54 Å². The summed E-state index contributed by atoms with van der Waals surface area (Å²) < 4.78 is 0. The summed E-state index contributed by atoms with van der Waals surface area (Å²) in [7, 11) is 0. The Morgan fingerprint density at radius 2 is 2.00 bits per heavy atom. The van der Waals surface area contributed by atoms with Crippen molar-refractivity contribution in [2.75, 3.05) is 23.5 Å². The predicted molar refractivity (Wildman–Crippen MR) is 113 cm³/mol. The largest absolute Gasteiger partial charge is 0.405 e. The van der Waals surface area contributed by atoms with E-state index in [1.165, 1.54) is 6.20 Å². The molecule has 1 aromatic heterocycles. The molecule has 8 heteroatoms. The highest BCUT2D eigenvalue weighted by Gasteiger charge is 2.15. The van der Waals surface area contributed by atoms with Crippen LogP contribution in [0.3, 0.4) is 0 Å². The number of hydrogen-bond acceptors (Lipinski definition) is 4. The van der Waals surface area contributed by atoms with Crippen LogP contribution < -0.4 is 22.1 Å². The lowest BCUT2D eigenvalue weighted by Crippen LogP contribution is -2.20. The van der Waals surface area contributed by atoms with E-state index >= 15 is 0 Å². The van der Waals surface area contributed by atoms with Crippen molar-refractivity contribution in [3.05, 3.63) is 70.0 Å². The SMILES string of the molecule is N/C=C/C=C\C(NCc1ccc(Cl)c(Cl)c1)c1c[nH]c(NCCCl)c1N. The van der Waals surface area contributed by atoms with Gasteiger partial charge in [-0.15, -0.1) is 11.6 Å². The first kappa shape index (κ1) is 20.5. The van der Waals surface area contributed by atoms with E-state index in [1.807, 2.05) is 30.5 Å². The van der Waals surface area contributed by atoms with Gasteiger partial charge in [0.2, 0.25) is 0 Å². The summed E-state index contributed by atoms with van der Waals surface area (Å²) in [6, 6.07) is 5.42. The van der Waals surface area contributed by atoms with Crippen LogP contribution in [0.5, 0.6) is 0 Å². The van der Waals surface area contributed by atoms with Crippen molar-refractivity contribution in [3.8, 4) is 0 Å². The molecule has 2 aromatic rings. The topological polar surface area (TPSA) is 91.9 Å². The second-order valence-electron chi connectivity index (χ2n) is 5.53. The monoisotopic (exact) mass is 413 g/mol. The Kier molecular flexibility index (Phi) is 8.19. The third-order valence-electron chi connectivity index (χ3n) is 3.72. The molecular formula is C18H22Cl3N5. The molecule has 140 valence electrons. The van der Waals surface area contributed by atoms with E-state index < -0.39 is 0 Å². The van der Waals surface area contributed by atoms with Gasteiger partial charge in [-0.1, -0.05) is 41.4 Å². The number of allylic oxidation sites excluding steroid dienone is 2. The van der Waals surface area contributed by atoms with Crippen molar-refractivity contribution in [2.45, 2.75) is 12.6 Å². The van der Waals surface area contributed by atoms with Gasteiger partial charge in [0.1, 0.15) is 5.82 Å². The van der Waals surface area contributed by atoms with Crippen molar-refractivity contribution < 1.29 is 0 Å². The van der Waals surface area contributed by atoms with E-state index in [0.717, 1.165) is 16.9 Å². The molecule has 0 fully saturated rings. The summed E-state index contributed by atoms with van der Waals surface area (Å²) in [6.07, 6.45) is 8.94. The average molecular weight is 415 g/mol. The molecule has 0 amide bonds. The Hall–Kier alpha value is -1.79. The van der Waals surface area contributed by atoms with Crippen LogP contribution >= 0.6 is 34.8 Å². The molecule has 5 nitrogen and oxygen atoms in total. The third kappa shape index (κ3) is 5.61. The fourth-order valence-corrected chi connectivity index (χ4v) is 2.84. The minimum Gasteiger partial charge on any atom is -0.405 e. The molecule has 0 saturated heterocycles. The first-order valence-corrected chi connectivity index (χ1v) is 9.34. The van der Waals surface area contributed by atoms with Gasteiger partial charge in [0.05, 0.1) is 21.8 Å². The van der Waals surface area contributed by atoms with Crippen molar-refractivity contribution in [2.24, 2.45) is 5.73 Å². The van der Waals surface area contributed by atoms with Crippen LogP contribution in [0, 0.1) is 0 Å². The predicted octanol–water partition coefficient (Wildman–Crippen LogP) is 4.41. The standard InChI is InChI=1S/C18H22Cl3N5/c19-6-8-24-18-17(23)13(11-26-18)16(3-1-2-7-22)25-10-12-4-5-14(20)15(21)9-12/h1-5,7,9,11,16,24-26H,6,8,10,22-23H2/b3-1-,7-2+. The lowest BCUT2D eigenvalue weighted by molar-refractivity contribution is 0.623. The fourth-order valence-electron chi connectivity index (χ4n) is 2.42. The Morgan fingerprint density at radius 1 is 1.19 bits per heavy atom. The maximum atomic E-state index is 6.27. The van der Waals surface area contributed by atoms with Crippen LogP contribution in [-0.4, -0.2) is 17.4 Å². The first-order valence-electron chi connectivity index (χ1n) is 8.05. The van der Waals surface area contributed by atoms with Gasteiger partial charge in [-0.25, -0.2) is 0 Å². The zero-order valence-corrected chi connectivity index (χ0v) is 16.4. The van der Waals surface area contributed by atoms with Crippen LogP contribution in [0.15, 0.2) is 48.8 Å². The third-order valence-corrected chi connectivity index (χ3v) is 4.65. The fraction of sp³-hybridized carbons (Fsp3) is 0.222. The number of anilines is 2. The minimum atomic E-state index is -0.122. The van der Waals surface area contributed by atoms with E-state index in [0.29, 0.717) is 34.7 Å². The number of nitrogen functional groups attached to an aromatic ring is 1. The van der Waals surface area contributed by atoms with Crippen LogP contribution in [0.4, 0.5) is 11.5 Å². The molecule has 0 aliphatic carbocycles. The number of rotatable bonds is 9. The second-order valence-corrected chi connectivity index (χ2v) is 6.72. The molecule has 26 heavy (non-hydrogen) atoms. The molecule has 1 heterocycles. The highest BCUT2D eigenvalue weighted by atomic mass is 35.5. The molecule has 1 atom stereocenters. The number of nitrogens with one attached hydrogen (secondary N) is 3. The highest BCUT2D eigenvalue weighted by Crippen LogP contribution is 2.29. The summed E-state index contributed by atoms with van der Waals surface area (Å²) >= 11 is 17.8. The maximum absolute atomic E-state index is 6.27. The molecule has 0 spiro atoms. The molecule has 1 aromatic carbocycles. The van der Waals surface area contributed by atoms with Crippen LogP contribution in [0.25, 0.3) is 0 Å². The number of H-pyrrole nitrogens is 1. The smallest absolute Gasteiger partial charge is 0.127 e. The molecule has 1 unspecified atom stereocenters. The van der Waals surface area contributed by atoms with E-state index in [9.17, 15) is 0 Å². The first-order chi connectivity index (χ1) is 12.6. The van der Waals surface area contributed by atoms with Gasteiger partial charge < -0.3 is 27.1 Å². The Bertz CT molecular complexity index is 770. The second kappa shape index (κ2) is 10.4. The normalized spacial score (nSPS) is 12.9. The minimum absolute atomic E-state index is 0.122. The average Bonchev–Trinajstić information content (AvgIpc) is 2.99. The molecule has 0 aliphatic heterocycles. The molecule has 2 rings (SSSR count). The summed E-state index contributed by atoms with van der Waals surface area (Å²) in [5.41, 5.74) is 14.3. The van der Waals surface area contributed by atoms with Crippen molar-refractivity contribution >= 4 is 46.3 Å². The lowest BCUT2D eigenvalue weighted by atomic mass is 10.1. The molecule has 0 saturated carbocycles. The summed E-state index contributed by atoms with van der Waals surface area (Å²) in [5, 5.41) is 7.67. The van der Waals surface area contributed by atoms with E-state index in [2.05, 4.69) is 15.6 Å². The van der Waals surface area contributed by atoms with Gasteiger partial charge >= 0.3 is 0 Å². The summed E-state index contributed by atoms with van der Waals surface area (Å²) in [4.78, 5) is 3.14. The van der Waals surface area contributed by atoms with Gasteiger partial charge in [-0.2, -0.15) is 0 Å². The zero-order valence-electron chi connectivity index (χ0n) is 14.1. The van der Waals surface area contributed by atoms with E-state index in [4.69, 9.17) is 46.3 Å². The Balaban J connectivity index is 2.17. The van der Waals surface area contributed by atoms with E-state index in [-0.39, 0.29) is 6.04 Å². The van der Waals surface area contributed by atoms with Gasteiger partial charge in [-0.05, 0) is 30.0 Å². The number of halogens is 3. The molecule has 0 radical (unpaired) electrons. The zero-order chi connectivity index (χ0) is 18.9. The molecular weight excluding hydrogens is 393 g/mol. The van der Waals surface area contributed by atoms with Gasteiger partial charge in [0.25, 0.3) is 0 Å². The number of hydrogen-bond donors (Lipinski definition) is 5. The summed E-state index contributed by atoms with van der Waals surface area (Å²) in [6.45, 7) is 1.21. The number of alkyl halides is 1. The van der Waals surface area contributed by atoms with Gasteiger partial charge in [0.15, 0.2) is 0 Å². The van der Waals surface area contributed by atoms with Crippen LogP contribution in [0.2, 0.25) is 10.0 Å².